The number of carboxylic acid groups (broad SMARTS) is 1. The third-order valence-corrected chi connectivity index (χ3v) is 7.38. The lowest BCUT2D eigenvalue weighted by atomic mass is 9.92. The van der Waals surface area contributed by atoms with E-state index in [9.17, 15) is 27.9 Å². The summed E-state index contributed by atoms with van der Waals surface area (Å²) in [4.78, 5) is 30.4. The Kier molecular flexibility index (Phi) is 6.91. The third kappa shape index (κ3) is 5.31. The predicted molar refractivity (Wildman–Crippen MR) is 150 cm³/mol. The molecule has 5 aromatic rings. The van der Waals surface area contributed by atoms with Crippen molar-refractivity contribution >= 4 is 28.7 Å². The maximum atomic E-state index is 14.1. The largest absolute Gasteiger partial charge is 0.484 e. The molecule has 1 unspecified atom stereocenters. The zero-order valence-corrected chi connectivity index (χ0v) is 23.1. The van der Waals surface area contributed by atoms with Crippen molar-refractivity contribution in [1.29, 1.82) is 0 Å². The summed E-state index contributed by atoms with van der Waals surface area (Å²) in [7, 11) is 1.59. The number of benzene rings is 3. The zero-order chi connectivity index (χ0) is 30.5. The molecule has 0 aliphatic heterocycles. The van der Waals surface area contributed by atoms with Crippen LogP contribution < -0.4 is 9.64 Å². The number of hydrogen-bond acceptors (Lipinski definition) is 6. The number of amides is 1. The number of ether oxygens (including phenoxy) is 1. The highest BCUT2D eigenvalue weighted by Gasteiger charge is 2.42. The van der Waals surface area contributed by atoms with Gasteiger partial charge in [-0.15, -0.1) is 0 Å². The van der Waals surface area contributed by atoms with Gasteiger partial charge in [-0.3, -0.25) is 4.79 Å². The normalized spacial score (nSPS) is 14.9. The van der Waals surface area contributed by atoms with E-state index in [1.807, 2.05) is 0 Å². The van der Waals surface area contributed by atoms with E-state index < -0.39 is 23.9 Å². The van der Waals surface area contributed by atoms with Gasteiger partial charge in [-0.05, 0) is 73.9 Å². The van der Waals surface area contributed by atoms with E-state index in [0.717, 1.165) is 0 Å². The van der Waals surface area contributed by atoms with Gasteiger partial charge in [-0.1, -0.05) is 6.07 Å². The van der Waals surface area contributed by atoms with Gasteiger partial charge >= 0.3 is 12.1 Å². The molecule has 1 N–H and O–H groups in total. The number of fused-ring (bicyclic) bond motifs is 2. The number of carboxylic acids is 1. The van der Waals surface area contributed by atoms with Gasteiger partial charge in [-0.2, -0.15) is 18.3 Å². The Bertz CT molecular complexity index is 1860. The van der Waals surface area contributed by atoms with Crippen LogP contribution in [0.15, 0.2) is 71.1 Å². The van der Waals surface area contributed by atoms with Crippen molar-refractivity contribution in [3.05, 3.63) is 101 Å². The number of oxazole rings is 1. The van der Waals surface area contributed by atoms with Gasteiger partial charge in [0, 0.05) is 36.9 Å². The van der Waals surface area contributed by atoms with Gasteiger partial charge in [-0.25, -0.2) is 14.5 Å². The van der Waals surface area contributed by atoms with Gasteiger partial charge in [0.2, 0.25) is 0 Å². The minimum Gasteiger partial charge on any atom is -0.484 e. The number of nitrogens with zero attached hydrogens (tertiary/aromatic N) is 4. The predicted octanol–water partition coefficient (Wildman–Crippen LogP) is 6.77. The lowest BCUT2D eigenvalue weighted by Crippen LogP contribution is -2.26. The molecule has 0 fully saturated rings. The molecule has 3 aromatic carbocycles. The molecule has 2 aromatic heterocycles. The SMILES string of the molecule is Cc1nc2ccc(N(C)C(=O)c3cccc(-n4nc(C(F)(F)F)c5c4C(Oc4ccc(C(=O)O)cc4)CCC5)c3)cc2o1. The van der Waals surface area contributed by atoms with Crippen molar-refractivity contribution in [2.45, 2.75) is 38.5 Å². The first-order chi connectivity index (χ1) is 20.5. The van der Waals surface area contributed by atoms with E-state index in [1.54, 1.807) is 50.4 Å². The Hall–Kier alpha value is -5.13. The van der Waals surface area contributed by atoms with Crippen molar-refractivity contribution in [3.63, 3.8) is 0 Å². The number of aromatic carboxylic acids is 1. The van der Waals surface area contributed by atoms with Crippen molar-refractivity contribution in [2.75, 3.05) is 11.9 Å². The number of alkyl halides is 3. The summed E-state index contributed by atoms with van der Waals surface area (Å²) in [6.07, 6.45) is -4.47. The topological polar surface area (TPSA) is 111 Å². The maximum absolute atomic E-state index is 14.1. The fraction of sp³-hybridized carbons (Fsp3) is 0.226. The maximum Gasteiger partial charge on any atom is 0.435 e. The number of carbonyl (C=O) groups is 2. The Balaban J connectivity index is 1.37. The molecule has 0 spiro atoms. The highest BCUT2D eigenvalue weighted by molar-refractivity contribution is 6.06. The second kappa shape index (κ2) is 10.6. The number of hydrogen-bond donors (Lipinski definition) is 1. The lowest BCUT2D eigenvalue weighted by molar-refractivity contribution is -0.142. The molecule has 0 saturated carbocycles. The highest BCUT2D eigenvalue weighted by atomic mass is 19.4. The first kappa shape index (κ1) is 28.0. The van der Waals surface area contributed by atoms with Crippen LogP contribution in [0, 0.1) is 6.92 Å². The van der Waals surface area contributed by atoms with Gasteiger partial charge in [0.05, 0.1) is 16.9 Å². The number of carbonyl (C=O) groups excluding carboxylic acids is 1. The fourth-order valence-corrected chi connectivity index (χ4v) is 5.34. The summed E-state index contributed by atoms with van der Waals surface area (Å²) in [6, 6.07) is 17.1. The second-order valence-corrected chi connectivity index (χ2v) is 10.2. The number of halogens is 3. The van der Waals surface area contributed by atoms with Crippen LogP contribution in [0.25, 0.3) is 16.8 Å². The number of anilines is 1. The highest BCUT2D eigenvalue weighted by Crippen LogP contribution is 2.42. The molecule has 43 heavy (non-hydrogen) atoms. The molecule has 9 nitrogen and oxygen atoms in total. The molecule has 12 heteroatoms. The smallest absolute Gasteiger partial charge is 0.435 e. The average Bonchev–Trinajstić information content (AvgIpc) is 3.57. The number of aromatic nitrogens is 3. The van der Waals surface area contributed by atoms with Gasteiger partial charge in [0.25, 0.3) is 5.91 Å². The molecular formula is C31H25F3N4O5. The minimum absolute atomic E-state index is 0.0374. The van der Waals surface area contributed by atoms with E-state index in [0.29, 0.717) is 41.3 Å². The molecular weight excluding hydrogens is 565 g/mol. The van der Waals surface area contributed by atoms with Crippen LogP contribution in [-0.4, -0.2) is 38.8 Å². The van der Waals surface area contributed by atoms with E-state index >= 15 is 0 Å². The Morgan fingerprint density at radius 3 is 2.56 bits per heavy atom. The first-order valence-electron chi connectivity index (χ1n) is 13.4. The van der Waals surface area contributed by atoms with Crippen LogP contribution in [0.5, 0.6) is 5.75 Å². The molecule has 2 heterocycles. The van der Waals surface area contributed by atoms with Gasteiger partial charge < -0.3 is 19.2 Å². The van der Waals surface area contributed by atoms with Crippen LogP contribution in [0.4, 0.5) is 18.9 Å². The molecule has 1 aliphatic carbocycles. The summed E-state index contributed by atoms with van der Waals surface area (Å²) >= 11 is 0. The van der Waals surface area contributed by atoms with Crippen molar-refractivity contribution in [3.8, 4) is 11.4 Å². The standard InChI is InChI=1S/C31H25F3N4O5/c1-17-35-24-14-11-20(16-26(24)42-17)37(2)29(39)19-5-3-6-21(15-19)38-27-23(28(36-38)31(32,33)34)7-4-8-25(27)43-22-12-9-18(10-13-22)30(40)41/h3,5-6,9-16,25H,4,7-8H2,1-2H3,(H,40,41). The zero-order valence-electron chi connectivity index (χ0n) is 23.1. The van der Waals surface area contributed by atoms with Gasteiger partial charge in [0.15, 0.2) is 17.2 Å². The van der Waals surface area contributed by atoms with E-state index in [4.69, 9.17) is 9.15 Å². The molecule has 220 valence electrons. The van der Waals surface area contributed by atoms with Crippen LogP contribution in [0.2, 0.25) is 0 Å². The van der Waals surface area contributed by atoms with Crippen LogP contribution >= 0.6 is 0 Å². The van der Waals surface area contributed by atoms with Crippen molar-refractivity contribution < 1.29 is 37.0 Å². The second-order valence-electron chi connectivity index (χ2n) is 10.2. The summed E-state index contributed by atoms with van der Waals surface area (Å²) < 4.78 is 55.3. The molecule has 0 bridgehead atoms. The number of aryl methyl sites for hydroxylation is 1. The quantitative estimate of drug-likeness (QED) is 0.232. The monoisotopic (exact) mass is 590 g/mol. The van der Waals surface area contributed by atoms with E-state index in [-0.39, 0.29) is 40.4 Å². The summed E-state index contributed by atoms with van der Waals surface area (Å²) in [5.41, 5.74) is 1.58. The summed E-state index contributed by atoms with van der Waals surface area (Å²) in [6.45, 7) is 1.73. The molecule has 1 atom stereocenters. The van der Waals surface area contributed by atoms with Crippen LogP contribution in [0.3, 0.4) is 0 Å². The molecule has 0 saturated heterocycles. The summed E-state index contributed by atoms with van der Waals surface area (Å²) in [5.74, 6) is -0.684. The van der Waals surface area contributed by atoms with Gasteiger partial charge in [0.1, 0.15) is 17.4 Å². The molecule has 1 amide bonds. The Morgan fingerprint density at radius 1 is 1.07 bits per heavy atom. The van der Waals surface area contributed by atoms with Crippen LogP contribution in [-0.2, 0) is 12.6 Å². The Labute approximate surface area is 243 Å². The van der Waals surface area contributed by atoms with Crippen LogP contribution in [0.1, 0.15) is 62.5 Å². The van der Waals surface area contributed by atoms with Crippen molar-refractivity contribution in [1.82, 2.24) is 14.8 Å². The summed E-state index contributed by atoms with van der Waals surface area (Å²) in [5, 5.41) is 13.2. The first-order valence-corrected chi connectivity index (χ1v) is 13.4. The minimum atomic E-state index is -4.70. The molecule has 6 rings (SSSR count). The average molecular weight is 591 g/mol. The number of rotatable bonds is 6. The Morgan fingerprint density at radius 2 is 1.84 bits per heavy atom. The fourth-order valence-electron chi connectivity index (χ4n) is 5.34. The van der Waals surface area contributed by atoms with E-state index in [1.165, 1.54) is 39.9 Å². The third-order valence-electron chi connectivity index (χ3n) is 7.38. The molecule has 0 radical (unpaired) electrons. The lowest BCUT2D eigenvalue weighted by Gasteiger charge is -2.26. The molecule has 1 aliphatic rings. The van der Waals surface area contributed by atoms with E-state index in [2.05, 4.69) is 10.1 Å². The van der Waals surface area contributed by atoms with Crippen molar-refractivity contribution in [2.24, 2.45) is 0 Å².